The Hall–Kier alpha value is -2.70. The van der Waals surface area contributed by atoms with Gasteiger partial charge in [0.25, 0.3) is 0 Å². The monoisotopic (exact) mass is 408 g/mol. The standard InChI is InChI=1S/C24H32N4O2/c1-17-4-6-18(7-5-17)12-13-21(26)24(30)28-14-2-3-22(28)23(29)27-16-20-10-8-19(15-25)9-11-20/h4-11,21-22H,2-3,12-16,25-26H2,1H3,(H,27,29)/t21-,22+/m1/s1. The van der Waals surface area contributed by atoms with Gasteiger partial charge in [0.2, 0.25) is 11.8 Å². The molecule has 0 radical (unpaired) electrons. The van der Waals surface area contributed by atoms with Gasteiger partial charge >= 0.3 is 0 Å². The second-order valence-corrected chi connectivity index (χ2v) is 8.06. The quantitative estimate of drug-likeness (QED) is 0.622. The Bertz CT molecular complexity index is 849. The number of nitrogens with two attached hydrogens (primary N) is 2. The maximum atomic E-state index is 12.9. The van der Waals surface area contributed by atoms with E-state index in [4.69, 9.17) is 11.5 Å². The van der Waals surface area contributed by atoms with Gasteiger partial charge in [0.15, 0.2) is 0 Å². The molecule has 2 atom stereocenters. The summed E-state index contributed by atoms with van der Waals surface area (Å²) < 4.78 is 0. The Kier molecular flexibility index (Phi) is 7.60. The minimum atomic E-state index is -0.594. The summed E-state index contributed by atoms with van der Waals surface area (Å²) in [5, 5.41) is 2.96. The van der Waals surface area contributed by atoms with Crippen LogP contribution >= 0.6 is 0 Å². The van der Waals surface area contributed by atoms with Gasteiger partial charge < -0.3 is 21.7 Å². The van der Waals surface area contributed by atoms with Crippen molar-refractivity contribution in [2.24, 2.45) is 11.5 Å². The molecular formula is C24H32N4O2. The molecule has 0 aliphatic carbocycles. The van der Waals surface area contributed by atoms with Gasteiger partial charge in [-0.15, -0.1) is 0 Å². The molecule has 0 spiro atoms. The van der Waals surface area contributed by atoms with Crippen molar-refractivity contribution in [2.45, 2.75) is 57.8 Å². The first-order valence-corrected chi connectivity index (χ1v) is 10.6. The zero-order valence-electron chi connectivity index (χ0n) is 17.6. The molecule has 1 saturated heterocycles. The largest absolute Gasteiger partial charge is 0.350 e. The smallest absolute Gasteiger partial charge is 0.243 e. The van der Waals surface area contributed by atoms with Crippen LogP contribution in [0.4, 0.5) is 0 Å². The van der Waals surface area contributed by atoms with Crippen LogP contribution in [0.5, 0.6) is 0 Å². The van der Waals surface area contributed by atoms with Gasteiger partial charge in [-0.3, -0.25) is 9.59 Å². The van der Waals surface area contributed by atoms with Crippen molar-refractivity contribution in [1.82, 2.24) is 10.2 Å². The highest BCUT2D eigenvalue weighted by Crippen LogP contribution is 2.19. The number of hydrogen-bond donors (Lipinski definition) is 3. The maximum absolute atomic E-state index is 12.9. The van der Waals surface area contributed by atoms with Crippen LogP contribution in [-0.4, -0.2) is 35.3 Å². The van der Waals surface area contributed by atoms with E-state index >= 15 is 0 Å². The van der Waals surface area contributed by atoms with E-state index in [9.17, 15) is 9.59 Å². The SMILES string of the molecule is Cc1ccc(CC[C@@H](N)C(=O)N2CCC[C@H]2C(=O)NCc2ccc(CN)cc2)cc1. The molecule has 3 rings (SSSR count). The van der Waals surface area contributed by atoms with Crippen LogP contribution in [0.25, 0.3) is 0 Å². The van der Waals surface area contributed by atoms with Crippen LogP contribution in [-0.2, 0) is 29.1 Å². The third kappa shape index (κ3) is 5.68. The number of likely N-dealkylation sites (tertiary alicyclic amines) is 1. The second-order valence-electron chi connectivity index (χ2n) is 8.06. The molecule has 6 nitrogen and oxygen atoms in total. The molecule has 0 bridgehead atoms. The Morgan fingerprint density at radius 2 is 1.70 bits per heavy atom. The van der Waals surface area contributed by atoms with Crippen molar-refractivity contribution in [3.8, 4) is 0 Å². The zero-order chi connectivity index (χ0) is 21.5. The van der Waals surface area contributed by atoms with Crippen LogP contribution in [0.2, 0.25) is 0 Å². The Morgan fingerprint density at radius 3 is 2.37 bits per heavy atom. The summed E-state index contributed by atoms with van der Waals surface area (Å²) in [6.45, 7) is 3.56. The van der Waals surface area contributed by atoms with E-state index in [1.807, 2.05) is 31.2 Å². The van der Waals surface area contributed by atoms with Crippen molar-refractivity contribution in [3.05, 3.63) is 70.8 Å². The van der Waals surface area contributed by atoms with Crippen molar-refractivity contribution in [3.63, 3.8) is 0 Å². The Labute approximate surface area is 178 Å². The second kappa shape index (κ2) is 10.4. The first kappa shape index (κ1) is 22.0. The maximum Gasteiger partial charge on any atom is 0.243 e. The van der Waals surface area contributed by atoms with Gasteiger partial charge in [-0.05, 0) is 49.3 Å². The molecule has 160 valence electrons. The molecule has 1 aliphatic rings. The average Bonchev–Trinajstić information content (AvgIpc) is 3.26. The summed E-state index contributed by atoms with van der Waals surface area (Å²) in [5.74, 6) is -0.249. The molecule has 1 fully saturated rings. The van der Waals surface area contributed by atoms with Gasteiger partial charge in [-0.1, -0.05) is 54.1 Å². The number of nitrogens with one attached hydrogen (secondary N) is 1. The normalized spacial score (nSPS) is 17.0. The predicted octanol–water partition coefficient (Wildman–Crippen LogP) is 2.02. The van der Waals surface area contributed by atoms with Crippen molar-refractivity contribution < 1.29 is 9.59 Å². The van der Waals surface area contributed by atoms with Crippen LogP contribution in [0.1, 0.15) is 41.5 Å². The number of amides is 2. The van der Waals surface area contributed by atoms with Crippen molar-refractivity contribution in [2.75, 3.05) is 6.54 Å². The first-order chi connectivity index (χ1) is 14.5. The number of nitrogens with zero attached hydrogens (tertiary/aromatic N) is 1. The minimum Gasteiger partial charge on any atom is -0.350 e. The molecular weight excluding hydrogens is 376 g/mol. The van der Waals surface area contributed by atoms with E-state index < -0.39 is 12.1 Å². The first-order valence-electron chi connectivity index (χ1n) is 10.6. The van der Waals surface area contributed by atoms with Crippen LogP contribution in [0, 0.1) is 6.92 Å². The molecule has 2 aromatic rings. The van der Waals surface area contributed by atoms with Gasteiger partial charge in [0.1, 0.15) is 6.04 Å². The summed E-state index contributed by atoms with van der Waals surface area (Å²) in [7, 11) is 0. The van der Waals surface area contributed by atoms with Gasteiger partial charge in [0.05, 0.1) is 6.04 Å². The van der Waals surface area contributed by atoms with E-state index in [1.165, 1.54) is 11.1 Å². The molecule has 2 aromatic carbocycles. The summed E-state index contributed by atoms with van der Waals surface area (Å²) >= 11 is 0. The minimum absolute atomic E-state index is 0.116. The highest BCUT2D eigenvalue weighted by atomic mass is 16.2. The highest BCUT2D eigenvalue weighted by molar-refractivity contribution is 5.90. The summed E-state index contributed by atoms with van der Waals surface area (Å²) in [5.41, 5.74) is 16.2. The van der Waals surface area contributed by atoms with Crippen LogP contribution < -0.4 is 16.8 Å². The number of hydrogen-bond acceptors (Lipinski definition) is 4. The third-order valence-corrected chi connectivity index (χ3v) is 5.75. The van der Waals surface area contributed by atoms with Crippen molar-refractivity contribution >= 4 is 11.8 Å². The predicted molar refractivity (Wildman–Crippen MR) is 118 cm³/mol. The molecule has 6 heteroatoms. The summed E-state index contributed by atoms with van der Waals surface area (Å²) in [4.78, 5) is 27.3. The fraction of sp³-hybridized carbons (Fsp3) is 0.417. The number of carbonyl (C=O) groups excluding carboxylic acids is 2. The fourth-order valence-electron chi connectivity index (χ4n) is 3.82. The van der Waals surface area contributed by atoms with E-state index in [-0.39, 0.29) is 11.8 Å². The van der Waals surface area contributed by atoms with E-state index in [0.717, 1.165) is 24.0 Å². The lowest BCUT2D eigenvalue weighted by molar-refractivity contribution is -0.139. The summed E-state index contributed by atoms with van der Waals surface area (Å²) in [6, 6.07) is 15.1. The lowest BCUT2D eigenvalue weighted by Gasteiger charge is -2.26. The van der Waals surface area contributed by atoms with E-state index in [1.54, 1.807) is 4.90 Å². The van der Waals surface area contributed by atoms with Gasteiger partial charge in [0, 0.05) is 19.6 Å². The lowest BCUT2D eigenvalue weighted by atomic mass is 10.0. The Morgan fingerprint density at radius 1 is 1.07 bits per heavy atom. The van der Waals surface area contributed by atoms with E-state index in [0.29, 0.717) is 32.5 Å². The topological polar surface area (TPSA) is 101 Å². The number of rotatable bonds is 8. The van der Waals surface area contributed by atoms with Gasteiger partial charge in [-0.25, -0.2) is 0 Å². The number of carbonyl (C=O) groups is 2. The van der Waals surface area contributed by atoms with E-state index in [2.05, 4.69) is 29.6 Å². The third-order valence-electron chi connectivity index (χ3n) is 5.75. The molecule has 1 aliphatic heterocycles. The molecule has 30 heavy (non-hydrogen) atoms. The molecule has 0 aromatic heterocycles. The highest BCUT2D eigenvalue weighted by Gasteiger charge is 2.35. The molecule has 2 amide bonds. The summed E-state index contributed by atoms with van der Waals surface area (Å²) in [6.07, 6.45) is 2.81. The van der Waals surface area contributed by atoms with Crippen molar-refractivity contribution in [1.29, 1.82) is 0 Å². The van der Waals surface area contributed by atoms with Gasteiger partial charge in [-0.2, -0.15) is 0 Å². The number of benzene rings is 2. The molecule has 5 N–H and O–H groups in total. The molecule has 1 heterocycles. The van der Waals surface area contributed by atoms with Crippen LogP contribution in [0.15, 0.2) is 48.5 Å². The number of aryl methyl sites for hydroxylation is 2. The lowest BCUT2D eigenvalue weighted by Crippen LogP contribution is -2.51. The zero-order valence-corrected chi connectivity index (χ0v) is 17.6. The molecule has 0 unspecified atom stereocenters. The average molecular weight is 409 g/mol. The Balaban J connectivity index is 1.51. The molecule has 0 saturated carbocycles. The van der Waals surface area contributed by atoms with Crippen LogP contribution in [0.3, 0.4) is 0 Å². The fourth-order valence-corrected chi connectivity index (χ4v) is 3.82.